The van der Waals surface area contributed by atoms with Gasteiger partial charge in [0.15, 0.2) is 0 Å². The van der Waals surface area contributed by atoms with Gasteiger partial charge in [0, 0.05) is 17.4 Å². The zero-order valence-corrected chi connectivity index (χ0v) is 12.5. The van der Waals surface area contributed by atoms with Crippen molar-refractivity contribution >= 4 is 23.2 Å². The molecule has 1 aromatic heterocycles. The Morgan fingerprint density at radius 2 is 2.04 bits per heavy atom. The lowest BCUT2D eigenvalue weighted by Gasteiger charge is -2.21. The Balaban J connectivity index is 1.79. The number of aryl methyl sites for hydroxylation is 1. The molecule has 3 rings (SSSR count). The zero-order valence-electron chi connectivity index (χ0n) is 11.7. The smallest absolute Gasteiger partial charge is 0.325 e. The Morgan fingerprint density at radius 3 is 2.78 bits per heavy atom. The van der Waals surface area contributed by atoms with Crippen LogP contribution in [0.25, 0.3) is 0 Å². The summed E-state index contributed by atoms with van der Waals surface area (Å²) < 4.78 is 39.1. The summed E-state index contributed by atoms with van der Waals surface area (Å²) in [7, 11) is 0. The van der Waals surface area contributed by atoms with Crippen molar-refractivity contribution in [2.45, 2.75) is 25.4 Å². The summed E-state index contributed by atoms with van der Waals surface area (Å²) in [6, 6.07) is 3.27. The zero-order chi connectivity index (χ0) is 16.6. The summed E-state index contributed by atoms with van der Waals surface area (Å²) >= 11 is 5.62. The molecular weight excluding hydrogens is 333 g/mol. The van der Waals surface area contributed by atoms with Gasteiger partial charge >= 0.3 is 6.18 Å². The van der Waals surface area contributed by atoms with Gasteiger partial charge < -0.3 is 5.32 Å². The largest absolute Gasteiger partial charge is 0.418 e. The average Bonchev–Trinajstić information content (AvgIpc) is 2.95. The highest BCUT2D eigenvalue weighted by Crippen LogP contribution is 2.37. The van der Waals surface area contributed by atoms with Gasteiger partial charge in [-0.05, 0) is 31.0 Å². The lowest BCUT2D eigenvalue weighted by atomic mass is 9.89. The van der Waals surface area contributed by atoms with Gasteiger partial charge in [-0.2, -0.15) is 28.6 Å². The number of fused-ring (bicyclic) bond motifs is 1. The predicted molar refractivity (Wildman–Crippen MR) is 77.0 cm³/mol. The number of halogens is 4. The van der Waals surface area contributed by atoms with E-state index in [4.69, 9.17) is 11.6 Å². The van der Waals surface area contributed by atoms with E-state index in [2.05, 4.69) is 20.7 Å². The van der Waals surface area contributed by atoms with Crippen LogP contribution in [0.2, 0.25) is 5.02 Å². The minimum atomic E-state index is -4.60. The van der Waals surface area contributed by atoms with Crippen LogP contribution in [0.4, 0.5) is 18.9 Å². The molecular formula is C14H12ClF3N4O. The number of aromatic nitrogens is 3. The number of H-pyrrole nitrogens is 1. The van der Waals surface area contributed by atoms with Crippen LogP contribution in [0.3, 0.4) is 0 Å². The number of rotatable bonds is 2. The summed E-state index contributed by atoms with van der Waals surface area (Å²) in [5.74, 6) is -0.907. The van der Waals surface area contributed by atoms with Crippen molar-refractivity contribution in [3.05, 3.63) is 40.2 Å². The minimum Gasteiger partial charge on any atom is -0.325 e. The van der Waals surface area contributed by atoms with Crippen LogP contribution >= 0.6 is 11.6 Å². The van der Waals surface area contributed by atoms with Gasteiger partial charge in [-0.3, -0.25) is 4.79 Å². The Morgan fingerprint density at radius 1 is 1.30 bits per heavy atom. The molecule has 0 saturated heterocycles. The van der Waals surface area contributed by atoms with Gasteiger partial charge in [-0.25, -0.2) is 0 Å². The number of anilines is 1. The van der Waals surface area contributed by atoms with E-state index in [1.165, 1.54) is 6.07 Å². The van der Waals surface area contributed by atoms with Crippen molar-refractivity contribution in [2.24, 2.45) is 5.92 Å². The lowest BCUT2D eigenvalue weighted by molar-refractivity contribution is -0.137. The second-order valence-corrected chi connectivity index (χ2v) is 5.77. The monoisotopic (exact) mass is 344 g/mol. The molecule has 2 aromatic rings. The van der Waals surface area contributed by atoms with Crippen LogP contribution in [0, 0.1) is 5.92 Å². The first-order valence-electron chi connectivity index (χ1n) is 6.90. The number of hydrogen-bond acceptors (Lipinski definition) is 3. The molecule has 1 unspecified atom stereocenters. The number of benzene rings is 1. The quantitative estimate of drug-likeness (QED) is 0.878. The van der Waals surface area contributed by atoms with E-state index >= 15 is 0 Å². The van der Waals surface area contributed by atoms with Crippen molar-refractivity contribution in [2.75, 3.05) is 5.32 Å². The highest BCUT2D eigenvalue weighted by atomic mass is 35.5. The number of aromatic amines is 1. The molecule has 2 N–H and O–H groups in total. The molecule has 1 heterocycles. The Labute approximate surface area is 134 Å². The fourth-order valence-corrected chi connectivity index (χ4v) is 2.78. The number of amides is 1. The van der Waals surface area contributed by atoms with Gasteiger partial charge in [-0.1, -0.05) is 11.6 Å². The van der Waals surface area contributed by atoms with Crippen LogP contribution in [0.15, 0.2) is 18.2 Å². The predicted octanol–water partition coefficient (Wildman–Crippen LogP) is 3.22. The molecule has 5 nitrogen and oxygen atoms in total. The van der Waals surface area contributed by atoms with Gasteiger partial charge in [0.2, 0.25) is 5.91 Å². The number of nitrogens with zero attached hydrogens (tertiary/aromatic N) is 2. The van der Waals surface area contributed by atoms with Gasteiger partial charge in [0.1, 0.15) is 0 Å². The molecule has 0 radical (unpaired) electrons. The minimum absolute atomic E-state index is 0.0415. The Hall–Kier alpha value is -2.09. The summed E-state index contributed by atoms with van der Waals surface area (Å²) in [5.41, 5.74) is 0.231. The van der Waals surface area contributed by atoms with Crippen LogP contribution < -0.4 is 5.32 Å². The average molecular weight is 345 g/mol. The molecule has 1 aliphatic carbocycles. The first-order valence-corrected chi connectivity index (χ1v) is 7.28. The lowest BCUT2D eigenvalue weighted by Crippen LogP contribution is -2.29. The number of nitrogens with one attached hydrogen (secondary N) is 2. The second-order valence-electron chi connectivity index (χ2n) is 5.33. The van der Waals surface area contributed by atoms with E-state index in [1.807, 2.05) is 0 Å². The molecule has 23 heavy (non-hydrogen) atoms. The third kappa shape index (κ3) is 3.31. The highest BCUT2D eigenvalue weighted by molar-refractivity contribution is 6.30. The van der Waals surface area contributed by atoms with Crippen LogP contribution in [0.5, 0.6) is 0 Å². The molecule has 1 aromatic carbocycles. The third-order valence-electron chi connectivity index (χ3n) is 3.79. The molecule has 0 spiro atoms. The summed E-state index contributed by atoms with van der Waals surface area (Å²) in [5, 5.41) is 12.7. The summed E-state index contributed by atoms with van der Waals surface area (Å²) in [6.45, 7) is 0. The maximum Gasteiger partial charge on any atom is 0.418 e. The molecule has 0 saturated carbocycles. The molecule has 1 atom stereocenters. The standard InChI is InChI=1S/C14H12ClF3N4O/c15-8-2-4-10(9(6-8)14(16,17)18)19-13(23)7-1-3-11-12(5-7)21-22-20-11/h2,4,6-7H,1,3,5H2,(H,19,23)(H,20,21,22). The van der Waals surface area contributed by atoms with Gasteiger partial charge in [-0.15, -0.1) is 0 Å². The van der Waals surface area contributed by atoms with E-state index in [0.717, 1.165) is 17.8 Å². The van der Waals surface area contributed by atoms with E-state index in [-0.39, 0.29) is 10.7 Å². The number of hydrogen-bond donors (Lipinski definition) is 2. The fourth-order valence-electron chi connectivity index (χ4n) is 2.60. The van der Waals surface area contributed by atoms with Crippen molar-refractivity contribution in [1.29, 1.82) is 0 Å². The normalized spacial score (nSPS) is 17.7. The topological polar surface area (TPSA) is 70.7 Å². The summed E-state index contributed by atoms with van der Waals surface area (Å²) in [4.78, 5) is 12.3. The van der Waals surface area contributed by atoms with E-state index in [0.29, 0.717) is 25.0 Å². The molecule has 0 bridgehead atoms. The molecule has 122 valence electrons. The second kappa shape index (κ2) is 5.84. The van der Waals surface area contributed by atoms with Gasteiger partial charge in [0.05, 0.1) is 22.6 Å². The van der Waals surface area contributed by atoms with Crippen LogP contribution in [-0.4, -0.2) is 21.3 Å². The third-order valence-corrected chi connectivity index (χ3v) is 4.02. The Kier molecular flexibility index (Phi) is 4.01. The van der Waals surface area contributed by atoms with Crippen molar-refractivity contribution in [3.63, 3.8) is 0 Å². The molecule has 0 fully saturated rings. The Bertz CT molecular complexity index is 744. The van der Waals surface area contributed by atoms with Crippen LogP contribution in [0.1, 0.15) is 23.4 Å². The van der Waals surface area contributed by atoms with Crippen molar-refractivity contribution in [3.8, 4) is 0 Å². The fraction of sp³-hybridized carbons (Fsp3) is 0.357. The van der Waals surface area contributed by atoms with Crippen molar-refractivity contribution in [1.82, 2.24) is 15.4 Å². The number of carbonyl (C=O) groups excluding carboxylic acids is 1. The molecule has 1 aliphatic rings. The van der Waals surface area contributed by atoms with E-state index in [1.54, 1.807) is 0 Å². The molecule has 1 amide bonds. The number of alkyl halides is 3. The first-order chi connectivity index (χ1) is 10.8. The highest BCUT2D eigenvalue weighted by Gasteiger charge is 2.35. The van der Waals surface area contributed by atoms with Gasteiger partial charge in [0.25, 0.3) is 0 Å². The van der Waals surface area contributed by atoms with Crippen molar-refractivity contribution < 1.29 is 18.0 Å². The summed E-state index contributed by atoms with van der Waals surface area (Å²) in [6.07, 6.45) is -3.16. The van der Waals surface area contributed by atoms with Crippen LogP contribution in [-0.2, 0) is 23.8 Å². The first kappa shape index (κ1) is 15.8. The maximum absolute atomic E-state index is 13.0. The molecule has 0 aliphatic heterocycles. The SMILES string of the molecule is O=C(Nc1ccc(Cl)cc1C(F)(F)F)C1CCc2n[nH]nc2C1. The van der Waals surface area contributed by atoms with E-state index in [9.17, 15) is 18.0 Å². The number of carbonyl (C=O) groups is 1. The maximum atomic E-state index is 13.0. The van der Waals surface area contributed by atoms with E-state index < -0.39 is 23.6 Å². The molecule has 9 heteroatoms.